The molecule has 2 aliphatic rings. The third-order valence-electron chi connectivity index (χ3n) is 6.72. The summed E-state index contributed by atoms with van der Waals surface area (Å²) in [7, 11) is 0. The summed E-state index contributed by atoms with van der Waals surface area (Å²) in [6.07, 6.45) is 1.74. The Bertz CT molecular complexity index is 1510. The van der Waals surface area contributed by atoms with Gasteiger partial charge in [0.2, 0.25) is 0 Å². The van der Waals surface area contributed by atoms with Gasteiger partial charge in [-0.1, -0.05) is 0 Å². The number of allylic oxidation sites excluding steroid dienone is 1. The molecule has 4 aromatic rings. The Morgan fingerprint density at radius 3 is 2.18 bits per heavy atom. The van der Waals surface area contributed by atoms with Gasteiger partial charge < -0.3 is 0 Å². The van der Waals surface area contributed by atoms with Crippen LogP contribution in [0.15, 0.2) is 84.4 Å². The van der Waals surface area contributed by atoms with Crippen LogP contribution in [0.2, 0.25) is 0 Å². The van der Waals surface area contributed by atoms with E-state index in [-0.39, 0.29) is 42.9 Å². The van der Waals surface area contributed by atoms with Crippen molar-refractivity contribution in [1.29, 1.82) is 0 Å². The average molecular weight is 512 g/mol. The van der Waals surface area contributed by atoms with Gasteiger partial charge in [0, 0.05) is 0 Å². The van der Waals surface area contributed by atoms with Crippen molar-refractivity contribution in [3.63, 3.8) is 0 Å². The molecule has 3 nitrogen and oxygen atoms in total. The number of rotatable bonds is 2. The van der Waals surface area contributed by atoms with Crippen molar-refractivity contribution >= 4 is 48.1 Å². The quantitative estimate of drug-likeness (QED) is 0.176. The number of carbonyl (C=O) groups excluding carboxylic acids is 2. The first-order valence-electron chi connectivity index (χ1n) is 11.1. The monoisotopic (exact) mass is 513 g/mol. The normalized spacial score (nSPS) is 15.7. The molecule has 0 amide bonds. The number of hydrogen-bond donors (Lipinski definition) is 0. The van der Waals surface area contributed by atoms with Crippen molar-refractivity contribution in [1.82, 2.24) is 0 Å². The van der Waals surface area contributed by atoms with E-state index in [1.54, 1.807) is 36.4 Å². The summed E-state index contributed by atoms with van der Waals surface area (Å²) in [5.41, 5.74) is 4.98. The van der Waals surface area contributed by atoms with Gasteiger partial charge in [-0.3, -0.25) is 0 Å². The number of ketones is 2. The summed E-state index contributed by atoms with van der Waals surface area (Å²) >= 11 is -0.166. The van der Waals surface area contributed by atoms with Crippen molar-refractivity contribution in [2.75, 3.05) is 4.90 Å². The fourth-order valence-electron chi connectivity index (χ4n) is 5.01. The number of nitrogens with zero attached hydrogens (tertiary/aromatic N) is 1. The van der Waals surface area contributed by atoms with Gasteiger partial charge in [0.05, 0.1) is 0 Å². The van der Waals surface area contributed by atoms with E-state index in [2.05, 4.69) is 30.9 Å². The van der Waals surface area contributed by atoms with E-state index in [1.165, 1.54) is 11.6 Å². The van der Waals surface area contributed by atoms with Gasteiger partial charge in [0.1, 0.15) is 0 Å². The van der Waals surface area contributed by atoms with E-state index in [0.29, 0.717) is 11.1 Å². The minimum absolute atomic E-state index is 0.166. The second-order valence-corrected chi connectivity index (χ2v) is 11.4. The fourth-order valence-corrected chi connectivity index (χ4v) is 7.07. The van der Waals surface area contributed by atoms with Crippen molar-refractivity contribution in [3.05, 3.63) is 117 Å². The van der Waals surface area contributed by atoms with Crippen LogP contribution in [0.1, 0.15) is 50.1 Å². The van der Waals surface area contributed by atoms with Crippen LogP contribution in [0.5, 0.6) is 0 Å². The van der Waals surface area contributed by atoms with Gasteiger partial charge in [-0.25, -0.2) is 0 Å². The van der Waals surface area contributed by atoms with Crippen LogP contribution in [-0.4, -0.2) is 26.1 Å². The summed E-state index contributed by atoms with van der Waals surface area (Å²) in [6, 6.07) is 24.2. The van der Waals surface area contributed by atoms with Gasteiger partial charge in [0.15, 0.2) is 0 Å². The van der Waals surface area contributed by atoms with Gasteiger partial charge >= 0.3 is 203 Å². The van der Waals surface area contributed by atoms with Crippen molar-refractivity contribution in [3.8, 4) is 0 Å². The van der Waals surface area contributed by atoms with Crippen LogP contribution in [0, 0.1) is 5.82 Å². The Labute approximate surface area is 202 Å². The third kappa shape index (κ3) is 3.01. The molecule has 0 bridgehead atoms. The number of hydrogen-bond acceptors (Lipinski definition) is 3. The zero-order valence-corrected chi connectivity index (χ0v) is 20.3. The number of carbonyl (C=O) groups is 2. The van der Waals surface area contributed by atoms with E-state index in [0.717, 1.165) is 25.9 Å². The molecule has 6 rings (SSSR count). The van der Waals surface area contributed by atoms with E-state index >= 15 is 0 Å². The van der Waals surface area contributed by atoms with Crippen LogP contribution in [0.4, 0.5) is 20.3 Å². The number of halogens is 1. The molecule has 0 spiro atoms. The molecule has 5 heteroatoms. The first kappa shape index (κ1) is 21.0. The minimum atomic E-state index is -0.278. The van der Waals surface area contributed by atoms with Crippen LogP contribution >= 0.6 is 0 Å². The topological polar surface area (TPSA) is 37.4 Å². The van der Waals surface area contributed by atoms with Crippen LogP contribution in [-0.2, 0) is 5.41 Å². The average Bonchev–Trinajstić information content (AvgIpc) is 3.38. The molecule has 1 aliphatic carbocycles. The van der Waals surface area contributed by atoms with Crippen LogP contribution in [0.3, 0.4) is 0 Å². The molecular formula is C29H20FNO2Se. The zero-order valence-electron chi connectivity index (χ0n) is 18.6. The Kier molecular flexibility index (Phi) is 4.63. The second kappa shape index (κ2) is 7.49. The molecule has 0 fully saturated rings. The molecule has 0 N–H and O–H groups in total. The molecule has 166 valence electrons. The molecule has 34 heavy (non-hydrogen) atoms. The van der Waals surface area contributed by atoms with E-state index in [4.69, 9.17) is 0 Å². The maximum absolute atomic E-state index is 14.4. The van der Waals surface area contributed by atoms with Gasteiger partial charge in [-0.2, -0.15) is 0 Å². The molecule has 0 saturated heterocycles. The number of benzene rings is 3. The third-order valence-corrected chi connectivity index (χ3v) is 8.85. The number of fused-ring (bicyclic) bond motifs is 3. The first-order valence-corrected chi connectivity index (χ1v) is 12.8. The molecule has 0 atom stereocenters. The summed E-state index contributed by atoms with van der Waals surface area (Å²) < 4.78 is 16.4. The van der Waals surface area contributed by atoms with E-state index in [1.807, 2.05) is 30.3 Å². The molecular weight excluding hydrogens is 492 g/mol. The summed E-state index contributed by atoms with van der Waals surface area (Å²) in [5.74, 6) is -0.716. The van der Waals surface area contributed by atoms with Gasteiger partial charge in [-0.15, -0.1) is 0 Å². The fraction of sp³-hybridized carbons (Fsp3) is 0.103. The predicted molar refractivity (Wildman–Crippen MR) is 133 cm³/mol. The maximum atomic E-state index is 14.4. The summed E-state index contributed by atoms with van der Waals surface area (Å²) in [4.78, 5) is 27.8. The Balaban J connectivity index is 1.47. The van der Waals surface area contributed by atoms with Gasteiger partial charge in [0.25, 0.3) is 0 Å². The molecule has 0 saturated carbocycles. The van der Waals surface area contributed by atoms with E-state index < -0.39 is 0 Å². The van der Waals surface area contributed by atoms with Crippen molar-refractivity contribution in [2.24, 2.45) is 0 Å². The number of Topliss-reactive ketones (excluding diaryl/α,β-unsaturated/α-hetero) is 2. The Morgan fingerprint density at radius 1 is 0.794 bits per heavy atom. The first-order chi connectivity index (χ1) is 16.4. The Hall–Kier alpha value is -3.53. The molecule has 0 radical (unpaired) electrons. The van der Waals surface area contributed by atoms with E-state index in [9.17, 15) is 14.0 Å². The molecule has 0 unspecified atom stereocenters. The number of para-hydroxylation sites is 1. The predicted octanol–water partition coefficient (Wildman–Crippen LogP) is 6.45. The zero-order chi connectivity index (χ0) is 23.6. The molecule has 1 aliphatic heterocycles. The van der Waals surface area contributed by atoms with Gasteiger partial charge in [-0.05, 0) is 0 Å². The van der Waals surface area contributed by atoms with Crippen LogP contribution in [0.25, 0.3) is 6.08 Å². The second-order valence-electron chi connectivity index (χ2n) is 9.08. The van der Waals surface area contributed by atoms with Crippen LogP contribution < -0.4 is 4.90 Å². The van der Waals surface area contributed by atoms with Crippen molar-refractivity contribution < 1.29 is 14.0 Å². The summed E-state index contributed by atoms with van der Waals surface area (Å²) in [6.45, 7) is 4.33. The molecule has 2 heterocycles. The number of anilines is 3. The van der Waals surface area contributed by atoms with Crippen molar-refractivity contribution in [2.45, 2.75) is 19.3 Å². The molecule has 1 aromatic heterocycles. The SMILES string of the molecule is CC1(C)c2ccccc2N(c2ccc(C=C3C(=O)c4ccccc4C3=O)[se]2)c2cc(F)ccc21. The summed E-state index contributed by atoms with van der Waals surface area (Å²) in [5, 5.41) is 0. The Morgan fingerprint density at radius 2 is 1.44 bits per heavy atom. The standard InChI is InChI=1S/C29H20FNO2Se/c1-29(2)22-9-5-6-10-24(22)31(25-15-17(30)11-13-23(25)29)26-14-12-18(34-26)16-21-27(32)19-7-3-4-8-20(19)28(21)33/h3-16H,1-2H3. The molecule has 3 aromatic carbocycles.